The SMILES string of the molecule is Cc1cc(Cl)cn2c(CO)c(-c3ccccc3)nc12. The highest BCUT2D eigenvalue weighted by atomic mass is 35.5. The molecule has 0 aliphatic carbocycles. The van der Waals surface area contributed by atoms with Crippen LogP contribution in [0.25, 0.3) is 16.9 Å². The first kappa shape index (κ1) is 12.2. The van der Waals surface area contributed by atoms with E-state index in [0.29, 0.717) is 5.02 Å². The second kappa shape index (κ2) is 4.68. The van der Waals surface area contributed by atoms with Gasteiger partial charge in [-0.25, -0.2) is 4.98 Å². The van der Waals surface area contributed by atoms with Crippen LogP contribution in [-0.4, -0.2) is 14.5 Å². The minimum atomic E-state index is -0.0782. The highest BCUT2D eigenvalue weighted by Crippen LogP contribution is 2.27. The Labute approximate surface area is 116 Å². The highest BCUT2D eigenvalue weighted by Gasteiger charge is 2.14. The van der Waals surface area contributed by atoms with Crippen molar-refractivity contribution in [2.24, 2.45) is 0 Å². The summed E-state index contributed by atoms with van der Waals surface area (Å²) < 4.78 is 1.86. The Morgan fingerprint density at radius 3 is 2.68 bits per heavy atom. The zero-order valence-electron chi connectivity index (χ0n) is 10.5. The van der Waals surface area contributed by atoms with Crippen LogP contribution in [0, 0.1) is 6.92 Å². The van der Waals surface area contributed by atoms with Crippen LogP contribution in [0.15, 0.2) is 42.6 Å². The van der Waals surface area contributed by atoms with Crippen LogP contribution in [0.5, 0.6) is 0 Å². The quantitative estimate of drug-likeness (QED) is 0.776. The van der Waals surface area contributed by atoms with Crippen molar-refractivity contribution in [3.63, 3.8) is 0 Å². The molecule has 0 aliphatic rings. The van der Waals surface area contributed by atoms with Gasteiger partial charge < -0.3 is 5.11 Å². The summed E-state index contributed by atoms with van der Waals surface area (Å²) in [6.07, 6.45) is 1.79. The number of fused-ring (bicyclic) bond motifs is 1. The third kappa shape index (κ3) is 2.01. The van der Waals surface area contributed by atoms with E-state index in [1.165, 1.54) is 0 Å². The maximum Gasteiger partial charge on any atom is 0.140 e. The molecule has 0 unspecified atom stereocenters. The number of aryl methyl sites for hydroxylation is 1. The maximum absolute atomic E-state index is 9.64. The van der Waals surface area contributed by atoms with Gasteiger partial charge in [-0.15, -0.1) is 0 Å². The molecule has 1 N–H and O–H groups in total. The zero-order chi connectivity index (χ0) is 13.4. The average Bonchev–Trinajstić information content (AvgIpc) is 2.78. The van der Waals surface area contributed by atoms with E-state index in [1.807, 2.05) is 47.7 Å². The first-order chi connectivity index (χ1) is 9.20. The van der Waals surface area contributed by atoms with Gasteiger partial charge in [-0.1, -0.05) is 41.9 Å². The van der Waals surface area contributed by atoms with E-state index < -0.39 is 0 Å². The molecule has 4 heteroatoms. The minimum Gasteiger partial charge on any atom is -0.390 e. The minimum absolute atomic E-state index is 0.0782. The summed E-state index contributed by atoms with van der Waals surface area (Å²) in [7, 11) is 0. The Morgan fingerprint density at radius 1 is 1.26 bits per heavy atom. The molecule has 2 aromatic heterocycles. The molecule has 19 heavy (non-hydrogen) atoms. The Morgan fingerprint density at radius 2 is 2.00 bits per heavy atom. The van der Waals surface area contributed by atoms with Crippen molar-refractivity contribution in [1.82, 2.24) is 9.38 Å². The summed E-state index contributed by atoms with van der Waals surface area (Å²) >= 11 is 6.08. The molecular formula is C15H13ClN2O. The molecule has 0 bridgehead atoms. The molecule has 3 aromatic rings. The third-order valence-electron chi connectivity index (χ3n) is 3.17. The van der Waals surface area contributed by atoms with E-state index in [2.05, 4.69) is 4.98 Å². The normalized spacial score (nSPS) is 11.1. The fourth-order valence-electron chi connectivity index (χ4n) is 2.29. The molecule has 3 nitrogen and oxygen atoms in total. The van der Waals surface area contributed by atoms with Gasteiger partial charge in [0, 0.05) is 11.8 Å². The summed E-state index contributed by atoms with van der Waals surface area (Å²) in [6, 6.07) is 11.7. The zero-order valence-corrected chi connectivity index (χ0v) is 11.2. The molecule has 2 heterocycles. The summed E-state index contributed by atoms with van der Waals surface area (Å²) in [5, 5.41) is 10.3. The van der Waals surface area contributed by atoms with Crippen LogP contribution in [-0.2, 0) is 6.61 Å². The Balaban J connectivity index is 2.35. The van der Waals surface area contributed by atoms with Crippen LogP contribution >= 0.6 is 11.6 Å². The second-order valence-electron chi connectivity index (χ2n) is 4.47. The predicted molar refractivity (Wildman–Crippen MR) is 76.3 cm³/mol. The van der Waals surface area contributed by atoms with Crippen molar-refractivity contribution in [1.29, 1.82) is 0 Å². The van der Waals surface area contributed by atoms with Crippen LogP contribution in [0.1, 0.15) is 11.3 Å². The van der Waals surface area contributed by atoms with Crippen LogP contribution < -0.4 is 0 Å². The summed E-state index contributed by atoms with van der Waals surface area (Å²) in [5.74, 6) is 0. The lowest BCUT2D eigenvalue weighted by molar-refractivity contribution is 0.276. The number of imidazole rings is 1. The number of aliphatic hydroxyl groups excluding tert-OH is 1. The van der Waals surface area contributed by atoms with Gasteiger partial charge in [0.2, 0.25) is 0 Å². The van der Waals surface area contributed by atoms with E-state index in [-0.39, 0.29) is 6.61 Å². The smallest absolute Gasteiger partial charge is 0.140 e. The molecular weight excluding hydrogens is 260 g/mol. The van der Waals surface area contributed by atoms with Crippen molar-refractivity contribution < 1.29 is 5.11 Å². The van der Waals surface area contributed by atoms with Gasteiger partial charge in [-0.3, -0.25) is 4.40 Å². The molecule has 0 amide bonds. The lowest BCUT2D eigenvalue weighted by atomic mass is 10.1. The van der Waals surface area contributed by atoms with Gasteiger partial charge in [0.1, 0.15) is 5.65 Å². The number of aliphatic hydroxyl groups is 1. The van der Waals surface area contributed by atoms with Crippen LogP contribution in [0.2, 0.25) is 5.02 Å². The fourth-order valence-corrected chi connectivity index (χ4v) is 2.55. The number of pyridine rings is 1. The molecule has 0 saturated heterocycles. The van der Waals surface area contributed by atoms with Crippen molar-refractivity contribution >= 4 is 17.2 Å². The van der Waals surface area contributed by atoms with Gasteiger partial charge in [0.25, 0.3) is 0 Å². The topological polar surface area (TPSA) is 37.5 Å². The lowest BCUT2D eigenvalue weighted by Crippen LogP contribution is -1.95. The van der Waals surface area contributed by atoms with E-state index in [4.69, 9.17) is 11.6 Å². The maximum atomic E-state index is 9.64. The van der Waals surface area contributed by atoms with Crippen molar-refractivity contribution in [2.45, 2.75) is 13.5 Å². The highest BCUT2D eigenvalue weighted by molar-refractivity contribution is 6.30. The van der Waals surface area contributed by atoms with E-state index in [0.717, 1.165) is 28.2 Å². The summed E-state index contributed by atoms with van der Waals surface area (Å²) in [6.45, 7) is 1.88. The predicted octanol–water partition coefficient (Wildman–Crippen LogP) is 3.46. The van der Waals surface area contributed by atoms with E-state index >= 15 is 0 Å². The number of hydrogen-bond donors (Lipinski definition) is 1. The number of rotatable bonds is 2. The molecule has 0 radical (unpaired) electrons. The molecule has 0 aliphatic heterocycles. The average molecular weight is 273 g/mol. The molecule has 0 saturated carbocycles. The molecule has 0 atom stereocenters. The Hall–Kier alpha value is -1.84. The fraction of sp³-hybridized carbons (Fsp3) is 0.133. The second-order valence-corrected chi connectivity index (χ2v) is 4.90. The van der Waals surface area contributed by atoms with Gasteiger partial charge in [0.05, 0.1) is 23.0 Å². The number of benzene rings is 1. The third-order valence-corrected chi connectivity index (χ3v) is 3.37. The molecule has 1 aromatic carbocycles. The van der Waals surface area contributed by atoms with Crippen LogP contribution in [0.4, 0.5) is 0 Å². The first-order valence-corrected chi connectivity index (χ1v) is 6.42. The van der Waals surface area contributed by atoms with E-state index in [9.17, 15) is 5.11 Å². The number of aromatic nitrogens is 2. The summed E-state index contributed by atoms with van der Waals surface area (Å²) in [4.78, 5) is 4.64. The van der Waals surface area contributed by atoms with Gasteiger partial charge >= 0.3 is 0 Å². The van der Waals surface area contributed by atoms with Gasteiger partial charge in [0.15, 0.2) is 0 Å². The molecule has 96 valence electrons. The molecule has 0 fully saturated rings. The number of halogens is 1. The Bertz CT molecular complexity index is 735. The van der Waals surface area contributed by atoms with Gasteiger partial charge in [-0.2, -0.15) is 0 Å². The number of nitrogens with zero attached hydrogens (tertiary/aromatic N) is 2. The van der Waals surface area contributed by atoms with Gasteiger partial charge in [-0.05, 0) is 18.6 Å². The van der Waals surface area contributed by atoms with E-state index in [1.54, 1.807) is 6.20 Å². The largest absolute Gasteiger partial charge is 0.390 e. The summed E-state index contributed by atoms with van der Waals surface area (Å²) in [5.41, 5.74) is 4.36. The van der Waals surface area contributed by atoms with Crippen molar-refractivity contribution in [3.8, 4) is 11.3 Å². The standard InChI is InChI=1S/C15H13ClN2O/c1-10-7-12(16)8-18-13(9-19)14(17-15(10)18)11-5-3-2-4-6-11/h2-8,19H,9H2,1H3. The molecule has 0 spiro atoms. The van der Waals surface area contributed by atoms with Crippen molar-refractivity contribution in [2.75, 3.05) is 0 Å². The number of hydrogen-bond acceptors (Lipinski definition) is 2. The van der Waals surface area contributed by atoms with Crippen LogP contribution in [0.3, 0.4) is 0 Å². The Kier molecular flexibility index (Phi) is 3.01. The monoisotopic (exact) mass is 272 g/mol. The lowest BCUT2D eigenvalue weighted by Gasteiger charge is -2.03. The van der Waals surface area contributed by atoms with Crippen molar-refractivity contribution in [3.05, 3.63) is 58.9 Å². The molecule has 3 rings (SSSR count). The first-order valence-electron chi connectivity index (χ1n) is 6.04.